The van der Waals surface area contributed by atoms with Crippen LogP contribution in [0.4, 0.5) is 4.39 Å². The number of ether oxygens (including phenoxy) is 1. The molecule has 37 heavy (non-hydrogen) atoms. The van der Waals surface area contributed by atoms with Gasteiger partial charge in [-0.3, -0.25) is 9.97 Å². The van der Waals surface area contributed by atoms with Gasteiger partial charge in [-0.05, 0) is 63.8 Å². The Morgan fingerprint density at radius 3 is 2.65 bits per heavy atom. The molecule has 8 nitrogen and oxygen atoms in total. The van der Waals surface area contributed by atoms with E-state index >= 15 is 4.39 Å². The van der Waals surface area contributed by atoms with Gasteiger partial charge in [-0.15, -0.1) is 16.4 Å². The predicted molar refractivity (Wildman–Crippen MR) is 141 cm³/mol. The molecule has 0 spiro atoms. The van der Waals surface area contributed by atoms with Gasteiger partial charge in [-0.2, -0.15) is 0 Å². The van der Waals surface area contributed by atoms with Gasteiger partial charge in [0.15, 0.2) is 0 Å². The minimum Gasteiger partial charge on any atom is -0.385 e. The highest BCUT2D eigenvalue weighted by atomic mass is 32.1. The van der Waals surface area contributed by atoms with Crippen LogP contribution >= 0.6 is 11.3 Å². The maximum Gasteiger partial charge on any atom is 0.146 e. The highest BCUT2D eigenvalue weighted by Gasteiger charge is 2.34. The second-order valence-corrected chi connectivity index (χ2v) is 11.3. The number of thiophene rings is 1. The Kier molecular flexibility index (Phi) is 5.85. The lowest BCUT2D eigenvalue weighted by Gasteiger charge is -2.32. The first-order valence-corrected chi connectivity index (χ1v) is 13.3. The van der Waals surface area contributed by atoms with Gasteiger partial charge in [0.1, 0.15) is 11.3 Å². The molecule has 0 saturated carbocycles. The van der Waals surface area contributed by atoms with Crippen molar-refractivity contribution in [2.45, 2.75) is 45.3 Å². The van der Waals surface area contributed by atoms with Crippen LogP contribution in [-0.2, 0) is 17.4 Å². The first-order chi connectivity index (χ1) is 17.7. The molecule has 0 aliphatic carbocycles. The van der Waals surface area contributed by atoms with Crippen molar-refractivity contribution in [2.24, 2.45) is 13.0 Å². The van der Waals surface area contributed by atoms with E-state index in [4.69, 9.17) is 9.72 Å². The van der Waals surface area contributed by atoms with Crippen LogP contribution in [0.5, 0.6) is 0 Å². The molecule has 0 amide bonds. The van der Waals surface area contributed by atoms with E-state index < -0.39 is 5.60 Å². The first kappa shape index (κ1) is 24.1. The lowest BCUT2D eigenvalue weighted by Crippen LogP contribution is -2.28. The van der Waals surface area contributed by atoms with Crippen LogP contribution in [0, 0.1) is 18.7 Å². The van der Waals surface area contributed by atoms with Crippen molar-refractivity contribution in [1.29, 1.82) is 0 Å². The third-order valence-corrected chi connectivity index (χ3v) is 8.69. The van der Waals surface area contributed by atoms with Crippen LogP contribution in [0.2, 0.25) is 0 Å². The van der Waals surface area contributed by atoms with E-state index in [1.165, 1.54) is 17.4 Å². The number of pyridine rings is 2. The molecular formula is C27H29FN6O2S. The average molecular weight is 521 g/mol. The van der Waals surface area contributed by atoms with Gasteiger partial charge in [0.2, 0.25) is 0 Å². The molecule has 192 valence electrons. The molecule has 10 heteroatoms. The maximum atomic E-state index is 15.4. The maximum absolute atomic E-state index is 15.4. The van der Waals surface area contributed by atoms with E-state index in [1.807, 2.05) is 26.2 Å². The van der Waals surface area contributed by atoms with Crippen LogP contribution in [0.3, 0.4) is 0 Å². The Labute approximate surface area is 217 Å². The molecule has 6 rings (SSSR count). The smallest absolute Gasteiger partial charge is 0.146 e. The van der Waals surface area contributed by atoms with Crippen molar-refractivity contribution in [2.75, 3.05) is 13.2 Å². The molecule has 1 aliphatic rings. The minimum absolute atomic E-state index is 0.117. The van der Waals surface area contributed by atoms with Crippen LogP contribution in [0.15, 0.2) is 36.7 Å². The van der Waals surface area contributed by atoms with Crippen molar-refractivity contribution in [1.82, 2.24) is 29.5 Å². The molecule has 6 heterocycles. The van der Waals surface area contributed by atoms with E-state index in [9.17, 15) is 5.11 Å². The van der Waals surface area contributed by atoms with Gasteiger partial charge in [0.25, 0.3) is 0 Å². The molecule has 1 aliphatic heterocycles. The fourth-order valence-electron chi connectivity index (χ4n) is 5.46. The molecular weight excluding hydrogens is 491 g/mol. The SMILES string of the molecule is Cc1nnn(C)c1-c1cnc2c3sc(C(C)(C)O)cc3n(C(c3ncccc3F)C3CCOCC3)c2c1. The first-order valence-electron chi connectivity index (χ1n) is 12.4. The topological polar surface area (TPSA) is 90.9 Å². The molecule has 1 unspecified atom stereocenters. The molecule has 0 aromatic carbocycles. The zero-order valence-electron chi connectivity index (χ0n) is 21.3. The molecule has 0 bridgehead atoms. The summed E-state index contributed by atoms with van der Waals surface area (Å²) < 4.78 is 26.0. The standard InChI is InChI=1S/C27H29FN6O2S/c1-15-24(33(4)32-31-15)17-12-19-23(30-14-17)26-20(13-21(37-26)27(2,3)35)34(19)25(16-7-10-36-11-8-16)22-18(28)6-5-9-29-22/h5-6,9,12-14,16,25,35H,7-8,10-11H2,1-4H3. The summed E-state index contributed by atoms with van der Waals surface area (Å²) in [4.78, 5) is 10.3. The largest absolute Gasteiger partial charge is 0.385 e. The fraction of sp³-hybridized carbons (Fsp3) is 0.407. The van der Waals surface area contributed by atoms with Crippen molar-refractivity contribution in [3.63, 3.8) is 0 Å². The number of halogens is 1. The third-order valence-electron chi connectivity index (χ3n) is 7.24. The molecule has 0 radical (unpaired) electrons. The summed E-state index contributed by atoms with van der Waals surface area (Å²) in [6.07, 6.45) is 5.08. The minimum atomic E-state index is -1.01. The number of hydrogen-bond donors (Lipinski definition) is 1. The molecule has 1 atom stereocenters. The Balaban J connectivity index is 1.68. The van der Waals surface area contributed by atoms with Gasteiger partial charge in [-0.25, -0.2) is 9.07 Å². The van der Waals surface area contributed by atoms with E-state index in [1.54, 1.807) is 30.8 Å². The van der Waals surface area contributed by atoms with Crippen molar-refractivity contribution >= 4 is 32.6 Å². The van der Waals surface area contributed by atoms with Crippen LogP contribution in [0.25, 0.3) is 32.5 Å². The summed E-state index contributed by atoms with van der Waals surface area (Å²) in [5, 5.41) is 19.2. The number of aromatic nitrogens is 6. The van der Waals surface area contributed by atoms with Crippen LogP contribution in [-0.4, -0.2) is 47.8 Å². The van der Waals surface area contributed by atoms with Crippen LogP contribution in [0.1, 0.15) is 49.0 Å². The molecule has 1 saturated heterocycles. The molecule has 1 N–H and O–H groups in total. The summed E-state index contributed by atoms with van der Waals surface area (Å²) in [5.74, 6) is -0.214. The highest BCUT2D eigenvalue weighted by molar-refractivity contribution is 7.20. The van der Waals surface area contributed by atoms with Crippen LogP contribution < -0.4 is 0 Å². The van der Waals surface area contributed by atoms with Gasteiger partial charge in [0, 0.05) is 43.1 Å². The summed E-state index contributed by atoms with van der Waals surface area (Å²) >= 11 is 1.53. The average Bonchev–Trinajstić information content (AvgIpc) is 3.54. The predicted octanol–water partition coefficient (Wildman–Crippen LogP) is 5.13. The van der Waals surface area contributed by atoms with E-state index in [0.29, 0.717) is 18.9 Å². The van der Waals surface area contributed by atoms with E-state index in [0.717, 1.165) is 55.9 Å². The molecule has 1 fully saturated rings. The normalized spacial score (nSPS) is 16.2. The van der Waals surface area contributed by atoms with E-state index in [-0.39, 0.29) is 17.8 Å². The Bertz CT molecular complexity index is 1590. The number of hydrogen-bond acceptors (Lipinski definition) is 7. The lowest BCUT2D eigenvalue weighted by molar-refractivity contribution is 0.0543. The monoisotopic (exact) mass is 520 g/mol. The van der Waals surface area contributed by atoms with Crippen molar-refractivity contribution in [3.8, 4) is 11.3 Å². The van der Waals surface area contributed by atoms with Crippen molar-refractivity contribution < 1.29 is 14.2 Å². The highest BCUT2D eigenvalue weighted by Crippen LogP contribution is 2.45. The Hall–Kier alpha value is -3.21. The number of aliphatic hydroxyl groups is 1. The summed E-state index contributed by atoms with van der Waals surface area (Å²) in [6, 6.07) is 6.85. The Morgan fingerprint density at radius 1 is 1.19 bits per heavy atom. The Morgan fingerprint density at radius 2 is 1.97 bits per heavy atom. The fourth-order valence-corrected chi connectivity index (χ4v) is 6.62. The summed E-state index contributed by atoms with van der Waals surface area (Å²) in [5.41, 5.74) is 4.61. The van der Waals surface area contributed by atoms with Gasteiger partial charge >= 0.3 is 0 Å². The number of fused-ring (bicyclic) bond motifs is 3. The van der Waals surface area contributed by atoms with Gasteiger partial charge in [0.05, 0.1) is 44.5 Å². The zero-order valence-corrected chi connectivity index (χ0v) is 22.1. The number of aryl methyl sites for hydroxylation is 2. The lowest BCUT2D eigenvalue weighted by atomic mass is 9.88. The zero-order chi connectivity index (χ0) is 25.9. The second-order valence-electron chi connectivity index (χ2n) is 10.3. The third kappa shape index (κ3) is 4.03. The summed E-state index contributed by atoms with van der Waals surface area (Å²) in [7, 11) is 1.86. The summed E-state index contributed by atoms with van der Waals surface area (Å²) in [6.45, 7) is 6.73. The van der Waals surface area contributed by atoms with Gasteiger partial charge in [-0.1, -0.05) is 5.21 Å². The second kappa shape index (κ2) is 8.97. The number of nitrogens with zero attached hydrogens (tertiary/aromatic N) is 6. The number of rotatable bonds is 5. The van der Waals surface area contributed by atoms with Gasteiger partial charge < -0.3 is 14.4 Å². The van der Waals surface area contributed by atoms with Crippen molar-refractivity contribution in [3.05, 3.63) is 58.7 Å². The quantitative estimate of drug-likeness (QED) is 0.345. The van der Waals surface area contributed by atoms with E-state index in [2.05, 4.69) is 25.9 Å². The molecule has 5 aromatic heterocycles. The molecule has 5 aromatic rings.